The largest absolute Gasteiger partial charge is 0.493 e. The summed E-state index contributed by atoms with van der Waals surface area (Å²) in [6, 6.07) is 16.2. The van der Waals surface area contributed by atoms with Crippen molar-refractivity contribution in [2.24, 2.45) is 11.8 Å². The zero-order valence-electron chi connectivity index (χ0n) is 21.0. The number of imide groups is 1. The van der Waals surface area contributed by atoms with E-state index in [0.717, 1.165) is 16.0 Å². The van der Waals surface area contributed by atoms with Crippen molar-refractivity contribution >= 4 is 35.0 Å². The van der Waals surface area contributed by atoms with Gasteiger partial charge >= 0.3 is 0 Å². The van der Waals surface area contributed by atoms with Gasteiger partial charge in [-0.2, -0.15) is 0 Å². The molecule has 3 aromatic rings. The molecule has 0 saturated carbocycles. The topological polar surface area (TPSA) is 119 Å². The number of nitro benzene ring substituents is 1. The van der Waals surface area contributed by atoms with Gasteiger partial charge in [0.05, 0.1) is 42.7 Å². The Kier molecular flexibility index (Phi) is 5.67. The summed E-state index contributed by atoms with van der Waals surface area (Å²) >= 11 is 0. The quantitative estimate of drug-likeness (QED) is 0.205. The fourth-order valence-corrected chi connectivity index (χ4v) is 6.02. The predicted octanol–water partition coefficient (Wildman–Crippen LogP) is 4.01. The number of fused-ring (bicyclic) bond motifs is 5. The molecule has 3 aromatic carbocycles. The summed E-state index contributed by atoms with van der Waals surface area (Å²) in [5.74, 6) is -2.46. The minimum absolute atomic E-state index is 0.108. The van der Waals surface area contributed by atoms with Crippen molar-refractivity contribution in [3.63, 3.8) is 0 Å². The van der Waals surface area contributed by atoms with Gasteiger partial charge in [0.25, 0.3) is 5.69 Å². The molecule has 0 N–H and O–H groups in total. The molecule has 3 heterocycles. The van der Waals surface area contributed by atoms with E-state index in [9.17, 15) is 24.5 Å². The van der Waals surface area contributed by atoms with Gasteiger partial charge in [-0.15, -0.1) is 0 Å². The van der Waals surface area contributed by atoms with Gasteiger partial charge < -0.3 is 14.4 Å². The van der Waals surface area contributed by atoms with Crippen molar-refractivity contribution < 1.29 is 28.8 Å². The molecule has 3 aliphatic rings. The van der Waals surface area contributed by atoms with E-state index >= 15 is 0 Å². The number of nitrogens with zero attached hydrogens (tertiary/aromatic N) is 3. The minimum atomic E-state index is -1.00. The second-order valence-corrected chi connectivity index (χ2v) is 9.56. The lowest BCUT2D eigenvalue weighted by Crippen LogP contribution is -2.44. The van der Waals surface area contributed by atoms with Crippen molar-refractivity contribution in [2.75, 3.05) is 19.1 Å². The molecule has 3 aliphatic heterocycles. The third-order valence-electron chi connectivity index (χ3n) is 7.70. The van der Waals surface area contributed by atoms with Crippen LogP contribution in [-0.4, -0.2) is 47.7 Å². The van der Waals surface area contributed by atoms with E-state index in [4.69, 9.17) is 9.47 Å². The van der Waals surface area contributed by atoms with Crippen LogP contribution in [-0.2, 0) is 9.59 Å². The summed E-state index contributed by atoms with van der Waals surface area (Å²) in [5, 5.41) is 11.4. The van der Waals surface area contributed by atoms with Crippen molar-refractivity contribution in [3.8, 4) is 11.5 Å². The third-order valence-corrected chi connectivity index (χ3v) is 7.70. The molecule has 39 heavy (non-hydrogen) atoms. The maximum atomic E-state index is 14.1. The van der Waals surface area contributed by atoms with Crippen LogP contribution in [0.1, 0.15) is 27.5 Å². The molecule has 2 amide bonds. The molecule has 196 valence electrons. The van der Waals surface area contributed by atoms with E-state index in [1.165, 1.54) is 38.5 Å². The number of ketones is 1. The van der Waals surface area contributed by atoms with E-state index in [0.29, 0.717) is 17.1 Å². The predicted molar refractivity (Wildman–Crippen MR) is 140 cm³/mol. The molecular formula is C29H23N3O7. The second-order valence-electron chi connectivity index (χ2n) is 9.56. The molecule has 0 unspecified atom stereocenters. The molecular weight excluding hydrogens is 502 g/mol. The maximum absolute atomic E-state index is 14.1. The Morgan fingerprint density at radius 1 is 0.897 bits per heavy atom. The summed E-state index contributed by atoms with van der Waals surface area (Å²) in [7, 11) is 2.96. The van der Waals surface area contributed by atoms with E-state index in [2.05, 4.69) is 0 Å². The number of carbonyl (C=O) groups is 3. The lowest BCUT2D eigenvalue weighted by molar-refractivity contribution is -0.384. The van der Waals surface area contributed by atoms with Crippen molar-refractivity contribution in [1.29, 1.82) is 0 Å². The van der Waals surface area contributed by atoms with Crippen LogP contribution in [0.4, 0.5) is 11.4 Å². The number of hydrogen-bond acceptors (Lipinski definition) is 8. The average molecular weight is 526 g/mol. The Bertz CT molecular complexity index is 1580. The van der Waals surface area contributed by atoms with Crippen LogP contribution in [0.3, 0.4) is 0 Å². The summed E-state index contributed by atoms with van der Waals surface area (Å²) in [5.41, 5.74) is 1.90. The summed E-state index contributed by atoms with van der Waals surface area (Å²) < 4.78 is 10.7. The molecule has 0 aliphatic carbocycles. The second kappa shape index (κ2) is 9.09. The fraction of sp³-hybridized carbons (Fsp3) is 0.207. The minimum Gasteiger partial charge on any atom is -0.493 e. The zero-order valence-corrected chi connectivity index (χ0v) is 21.0. The number of ether oxygens (including phenoxy) is 2. The van der Waals surface area contributed by atoms with Crippen molar-refractivity contribution in [3.05, 3.63) is 99.7 Å². The number of benzene rings is 3. The molecule has 0 spiro atoms. The van der Waals surface area contributed by atoms with Gasteiger partial charge in [0.1, 0.15) is 6.04 Å². The maximum Gasteiger partial charge on any atom is 0.271 e. The number of carbonyl (C=O) groups excluding carboxylic acids is 3. The fourth-order valence-electron chi connectivity index (χ4n) is 6.02. The number of hydrogen-bond donors (Lipinski definition) is 0. The third kappa shape index (κ3) is 3.59. The van der Waals surface area contributed by atoms with Crippen molar-refractivity contribution in [2.45, 2.75) is 12.1 Å². The highest BCUT2D eigenvalue weighted by Crippen LogP contribution is 2.54. The molecule has 0 aromatic heterocycles. The summed E-state index contributed by atoms with van der Waals surface area (Å²) in [4.78, 5) is 55.7. The first kappa shape index (κ1) is 24.4. The van der Waals surface area contributed by atoms with Crippen LogP contribution < -0.4 is 14.4 Å². The lowest BCUT2D eigenvalue weighted by Gasteiger charge is -2.35. The van der Waals surface area contributed by atoms with Crippen LogP contribution in [0.2, 0.25) is 0 Å². The van der Waals surface area contributed by atoms with Crippen LogP contribution in [0.25, 0.3) is 6.08 Å². The highest BCUT2D eigenvalue weighted by molar-refractivity contribution is 6.24. The molecule has 0 radical (unpaired) electrons. The van der Waals surface area contributed by atoms with Gasteiger partial charge in [-0.25, -0.2) is 4.90 Å². The first-order valence-corrected chi connectivity index (χ1v) is 12.3. The number of nitro groups is 1. The van der Waals surface area contributed by atoms with Crippen LogP contribution in [0.15, 0.2) is 72.9 Å². The lowest BCUT2D eigenvalue weighted by atomic mass is 9.83. The molecule has 4 atom stereocenters. The number of rotatable bonds is 6. The van der Waals surface area contributed by atoms with E-state index in [-0.39, 0.29) is 17.2 Å². The molecule has 6 rings (SSSR count). The SMILES string of the molecule is COc1ccc(C(=O)[C@@H]2[C@@H]3C(=O)N(c4cccc([N+](=O)[O-])c4)C(=O)[C@@H]3[C@H]3c4ccccc4C=CN23)cc1OC. The van der Waals surface area contributed by atoms with Gasteiger partial charge in [0, 0.05) is 23.9 Å². The van der Waals surface area contributed by atoms with E-state index in [1.54, 1.807) is 29.3 Å². The van der Waals surface area contributed by atoms with Crippen molar-refractivity contribution in [1.82, 2.24) is 4.90 Å². The molecule has 2 saturated heterocycles. The first-order chi connectivity index (χ1) is 18.8. The van der Waals surface area contributed by atoms with Gasteiger partial charge in [-0.05, 0) is 41.5 Å². The van der Waals surface area contributed by atoms with E-state index in [1.807, 2.05) is 30.3 Å². The number of non-ortho nitro benzene ring substituents is 1. The molecule has 10 nitrogen and oxygen atoms in total. The number of anilines is 1. The first-order valence-electron chi connectivity index (χ1n) is 12.3. The average Bonchev–Trinajstić information content (AvgIpc) is 3.44. The Morgan fingerprint density at radius 2 is 1.64 bits per heavy atom. The Balaban J connectivity index is 1.48. The number of amides is 2. The molecule has 0 bridgehead atoms. The van der Waals surface area contributed by atoms with Crippen LogP contribution in [0, 0.1) is 22.0 Å². The monoisotopic (exact) mass is 525 g/mol. The summed E-state index contributed by atoms with van der Waals surface area (Å²) in [6.07, 6.45) is 3.64. The highest BCUT2D eigenvalue weighted by atomic mass is 16.6. The van der Waals surface area contributed by atoms with Gasteiger partial charge in [-0.3, -0.25) is 24.5 Å². The smallest absolute Gasteiger partial charge is 0.271 e. The molecule has 2 fully saturated rings. The summed E-state index contributed by atoms with van der Waals surface area (Å²) in [6.45, 7) is 0. The number of methoxy groups -OCH3 is 2. The molecule has 10 heteroatoms. The standard InChI is InChI=1S/C29H23N3O7/c1-38-21-11-10-17(14-22(21)39-2)27(33)26-24-23(25-20-9-4-3-6-16(20)12-13-30(25)26)28(34)31(29(24)35)18-7-5-8-19(15-18)32(36)37/h3-15,23-26H,1-2H3/t23-,24+,25+,26-/m0/s1. The zero-order chi connectivity index (χ0) is 27.4. The van der Waals surface area contributed by atoms with Gasteiger partial charge in [-0.1, -0.05) is 30.3 Å². The van der Waals surface area contributed by atoms with Crippen LogP contribution in [0.5, 0.6) is 11.5 Å². The van der Waals surface area contributed by atoms with Crippen LogP contribution >= 0.6 is 0 Å². The van der Waals surface area contributed by atoms with Gasteiger partial charge in [0.2, 0.25) is 11.8 Å². The Hall–Kier alpha value is -4.99. The normalized spacial score (nSPS) is 22.8. The number of Topliss-reactive ketones (excluding diaryl/α,β-unsaturated/α-hetero) is 1. The Morgan fingerprint density at radius 3 is 2.38 bits per heavy atom. The van der Waals surface area contributed by atoms with Gasteiger partial charge in [0.15, 0.2) is 17.3 Å². The highest BCUT2D eigenvalue weighted by Gasteiger charge is 2.64. The Labute approximate surface area is 223 Å². The van der Waals surface area contributed by atoms with E-state index < -0.39 is 40.7 Å².